The van der Waals surface area contributed by atoms with Crippen molar-refractivity contribution in [2.45, 2.75) is 18.9 Å². The Morgan fingerprint density at radius 2 is 1.75 bits per heavy atom. The summed E-state index contributed by atoms with van der Waals surface area (Å²) in [4.78, 5) is 42.3. The first-order valence-electron chi connectivity index (χ1n) is 11.2. The molecule has 0 radical (unpaired) electrons. The van der Waals surface area contributed by atoms with E-state index in [1.807, 2.05) is 6.07 Å². The molecule has 1 heterocycles. The van der Waals surface area contributed by atoms with Crippen molar-refractivity contribution in [3.05, 3.63) is 88.1 Å². The fourth-order valence-corrected chi connectivity index (χ4v) is 4.46. The van der Waals surface area contributed by atoms with Crippen LogP contribution in [0.3, 0.4) is 0 Å². The van der Waals surface area contributed by atoms with Crippen molar-refractivity contribution in [3.8, 4) is 11.5 Å². The van der Waals surface area contributed by atoms with Crippen molar-refractivity contribution in [1.82, 2.24) is 4.90 Å². The van der Waals surface area contributed by atoms with Gasteiger partial charge in [0, 0.05) is 16.6 Å². The lowest BCUT2D eigenvalue weighted by Gasteiger charge is -2.28. The molecule has 1 atom stereocenters. The first kappa shape index (κ1) is 25.4. The quantitative estimate of drug-likeness (QED) is 0.380. The molecule has 3 aromatic rings. The number of hydrogen-bond donors (Lipinski definition) is 0. The number of rotatable bonds is 8. The third kappa shape index (κ3) is 5.26. The standard InChI is InChI=1S/C27H24BrFN2O5/c1-35-23-11-6-17(14-24(23)36-2)12-13-30(26(33)18-4-3-5-20(29)15-18)22-16-25(32)31(27(22)34)21-9-7-19(28)8-10-21/h3-11,14-15,22H,12-13,16H2,1-2H3/t22-/m1/s1. The second kappa shape index (κ2) is 10.9. The Hall–Kier alpha value is -3.72. The van der Waals surface area contributed by atoms with Crippen molar-refractivity contribution >= 4 is 39.3 Å². The number of anilines is 1. The summed E-state index contributed by atoms with van der Waals surface area (Å²) in [5.74, 6) is -0.901. The maximum absolute atomic E-state index is 13.9. The zero-order valence-electron chi connectivity index (χ0n) is 19.7. The maximum atomic E-state index is 13.9. The monoisotopic (exact) mass is 554 g/mol. The van der Waals surface area contributed by atoms with Gasteiger partial charge >= 0.3 is 0 Å². The maximum Gasteiger partial charge on any atom is 0.257 e. The highest BCUT2D eigenvalue weighted by Gasteiger charge is 2.44. The molecular weight excluding hydrogens is 531 g/mol. The Labute approximate surface area is 216 Å². The molecule has 186 valence electrons. The molecule has 4 rings (SSSR count). The summed E-state index contributed by atoms with van der Waals surface area (Å²) in [5, 5.41) is 0. The molecule has 1 aliphatic heterocycles. The van der Waals surface area contributed by atoms with Crippen molar-refractivity contribution in [2.24, 2.45) is 0 Å². The van der Waals surface area contributed by atoms with Crippen LogP contribution in [0, 0.1) is 5.82 Å². The number of ether oxygens (including phenoxy) is 2. The van der Waals surface area contributed by atoms with E-state index in [1.54, 1.807) is 36.4 Å². The Morgan fingerprint density at radius 1 is 1.03 bits per heavy atom. The van der Waals surface area contributed by atoms with Crippen LogP contribution < -0.4 is 14.4 Å². The Morgan fingerprint density at radius 3 is 2.42 bits per heavy atom. The molecule has 1 fully saturated rings. The lowest BCUT2D eigenvalue weighted by Crippen LogP contribution is -2.46. The number of hydrogen-bond acceptors (Lipinski definition) is 5. The summed E-state index contributed by atoms with van der Waals surface area (Å²) in [6.07, 6.45) is 0.208. The number of carbonyl (C=O) groups excluding carboxylic acids is 3. The van der Waals surface area contributed by atoms with Crippen LogP contribution in [0.4, 0.5) is 10.1 Å². The third-order valence-electron chi connectivity index (χ3n) is 6.01. The molecule has 0 aromatic heterocycles. The average Bonchev–Trinajstić information content (AvgIpc) is 3.17. The van der Waals surface area contributed by atoms with Gasteiger partial charge in [-0.25, -0.2) is 9.29 Å². The number of nitrogens with zero attached hydrogens (tertiary/aromatic N) is 2. The van der Waals surface area contributed by atoms with Gasteiger partial charge < -0.3 is 14.4 Å². The van der Waals surface area contributed by atoms with E-state index in [1.165, 1.54) is 37.3 Å². The zero-order chi connectivity index (χ0) is 25.8. The van der Waals surface area contributed by atoms with Gasteiger partial charge in [0.1, 0.15) is 11.9 Å². The van der Waals surface area contributed by atoms with Crippen LogP contribution in [-0.2, 0) is 16.0 Å². The lowest BCUT2D eigenvalue weighted by atomic mass is 10.1. The highest BCUT2D eigenvalue weighted by molar-refractivity contribution is 9.10. The molecule has 0 bridgehead atoms. The first-order valence-corrected chi connectivity index (χ1v) is 12.0. The smallest absolute Gasteiger partial charge is 0.257 e. The van der Waals surface area contributed by atoms with Gasteiger partial charge in [-0.1, -0.05) is 28.1 Å². The van der Waals surface area contributed by atoms with Gasteiger partial charge in [0.15, 0.2) is 11.5 Å². The number of methoxy groups -OCH3 is 2. The van der Waals surface area contributed by atoms with E-state index in [0.717, 1.165) is 21.0 Å². The Bertz CT molecular complexity index is 1300. The fraction of sp³-hybridized carbons (Fsp3) is 0.222. The zero-order valence-corrected chi connectivity index (χ0v) is 21.3. The number of benzene rings is 3. The molecule has 0 spiro atoms. The molecule has 3 amide bonds. The molecular formula is C27H24BrFN2O5. The molecule has 0 unspecified atom stereocenters. The normalized spacial score (nSPS) is 15.2. The molecule has 36 heavy (non-hydrogen) atoms. The van der Waals surface area contributed by atoms with Crippen molar-refractivity contribution in [1.29, 1.82) is 0 Å². The van der Waals surface area contributed by atoms with Crippen LogP contribution in [0.15, 0.2) is 71.2 Å². The second-order valence-corrected chi connectivity index (χ2v) is 9.13. The molecule has 7 nitrogen and oxygen atoms in total. The number of halogens is 2. The summed E-state index contributed by atoms with van der Waals surface area (Å²) < 4.78 is 25.3. The van der Waals surface area contributed by atoms with Crippen LogP contribution in [0.5, 0.6) is 11.5 Å². The van der Waals surface area contributed by atoms with Crippen LogP contribution in [0.1, 0.15) is 22.3 Å². The van der Waals surface area contributed by atoms with E-state index >= 15 is 0 Å². The van der Waals surface area contributed by atoms with Crippen LogP contribution >= 0.6 is 15.9 Å². The molecule has 3 aromatic carbocycles. The van der Waals surface area contributed by atoms with E-state index in [4.69, 9.17) is 9.47 Å². The van der Waals surface area contributed by atoms with Crippen molar-refractivity contribution in [2.75, 3.05) is 25.7 Å². The first-order chi connectivity index (χ1) is 17.3. The lowest BCUT2D eigenvalue weighted by molar-refractivity contribution is -0.122. The third-order valence-corrected chi connectivity index (χ3v) is 6.53. The predicted molar refractivity (Wildman–Crippen MR) is 136 cm³/mol. The van der Waals surface area contributed by atoms with Gasteiger partial charge in [-0.05, 0) is 66.6 Å². The molecule has 0 N–H and O–H groups in total. The van der Waals surface area contributed by atoms with Crippen LogP contribution in [0.2, 0.25) is 0 Å². The van der Waals surface area contributed by atoms with E-state index in [-0.39, 0.29) is 18.5 Å². The molecule has 0 aliphatic carbocycles. The van der Waals surface area contributed by atoms with E-state index in [2.05, 4.69) is 15.9 Å². The number of amides is 3. The number of carbonyl (C=O) groups is 3. The molecule has 0 saturated carbocycles. The summed E-state index contributed by atoms with van der Waals surface area (Å²) in [7, 11) is 3.07. The average molecular weight is 555 g/mol. The van der Waals surface area contributed by atoms with Gasteiger partial charge in [-0.3, -0.25) is 14.4 Å². The molecule has 1 aliphatic rings. The van der Waals surface area contributed by atoms with Gasteiger partial charge in [0.25, 0.3) is 11.8 Å². The SMILES string of the molecule is COc1ccc(CCN(C(=O)c2cccc(F)c2)[C@@H]2CC(=O)N(c3ccc(Br)cc3)C2=O)cc1OC. The predicted octanol–water partition coefficient (Wildman–Crippen LogP) is 4.62. The summed E-state index contributed by atoms with van der Waals surface area (Å²) in [6, 6.07) is 16.4. The van der Waals surface area contributed by atoms with E-state index in [9.17, 15) is 18.8 Å². The van der Waals surface area contributed by atoms with Gasteiger partial charge in [-0.15, -0.1) is 0 Å². The minimum Gasteiger partial charge on any atom is -0.493 e. The van der Waals surface area contributed by atoms with Gasteiger partial charge in [-0.2, -0.15) is 0 Å². The second-order valence-electron chi connectivity index (χ2n) is 8.21. The van der Waals surface area contributed by atoms with E-state index in [0.29, 0.717) is 23.6 Å². The Balaban J connectivity index is 1.64. The molecule has 9 heteroatoms. The highest BCUT2D eigenvalue weighted by atomic mass is 79.9. The summed E-state index contributed by atoms with van der Waals surface area (Å²) >= 11 is 3.34. The summed E-state index contributed by atoms with van der Waals surface area (Å²) in [6.45, 7) is 0.128. The highest BCUT2D eigenvalue weighted by Crippen LogP contribution is 2.30. The van der Waals surface area contributed by atoms with Crippen molar-refractivity contribution < 1.29 is 28.2 Å². The van der Waals surface area contributed by atoms with Gasteiger partial charge in [0.05, 0.1) is 26.3 Å². The largest absolute Gasteiger partial charge is 0.493 e. The fourth-order valence-electron chi connectivity index (χ4n) is 4.19. The van der Waals surface area contributed by atoms with E-state index < -0.39 is 29.6 Å². The topological polar surface area (TPSA) is 76.2 Å². The van der Waals surface area contributed by atoms with Crippen LogP contribution in [0.25, 0.3) is 0 Å². The Kier molecular flexibility index (Phi) is 7.69. The summed E-state index contributed by atoms with van der Waals surface area (Å²) in [5.41, 5.74) is 1.37. The minimum absolute atomic E-state index is 0.102. The molecule has 1 saturated heterocycles. The number of imide groups is 1. The van der Waals surface area contributed by atoms with Crippen molar-refractivity contribution in [3.63, 3.8) is 0 Å². The minimum atomic E-state index is -1.02. The van der Waals surface area contributed by atoms with Gasteiger partial charge in [0.2, 0.25) is 5.91 Å². The van der Waals surface area contributed by atoms with Crippen LogP contribution in [-0.4, -0.2) is 49.4 Å².